The van der Waals surface area contributed by atoms with Crippen LogP contribution in [0.4, 0.5) is 16.3 Å². The van der Waals surface area contributed by atoms with Crippen LogP contribution < -0.4 is 21.1 Å². The van der Waals surface area contributed by atoms with Gasteiger partial charge in [-0.1, -0.05) is 25.4 Å². The summed E-state index contributed by atoms with van der Waals surface area (Å²) in [5.74, 6) is 1.47. The van der Waals surface area contributed by atoms with Crippen LogP contribution >= 0.6 is 11.6 Å². The molecular weight excluding hydrogens is 354 g/mol. The molecule has 0 aliphatic rings. The molecule has 140 valence electrons. The lowest BCUT2D eigenvalue weighted by Crippen LogP contribution is -2.37. The minimum absolute atomic E-state index is 0.308. The number of nitrogen functional groups attached to an aromatic ring is 1. The molecule has 0 saturated heterocycles. The Bertz CT molecular complexity index is 737. The number of carbonyl (C=O) groups excluding carboxylic acids is 1. The first-order valence-corrected chi connectivity index (χ1v) is 8.85. The van der Waals surface area contributed by atoms with E-state index in [4.69, 9.17) is 22.1 Å². The van der Waals surface area contributed by atoms with E-state index in [0.29, 0.717) is 34.6 Å². The van der Waals surface area contributed by atoms with E-state index in [1.54, 1.807) is 36.5 Å². The van der Waals surface area contributed by atoms with Gasteiger partial charge in [-0.15, -0.1) is 0 Å². The summed E-state index contributed by atoms with van der Waals surface area (Å²) >= 11 is 5.99. The highest BCUT2D eigenvalue weighted by Gasteiger charge is 2.06. The van der Waals surface area contributed by atoms with Gasteiger partial charge in [0.1, 0.15) is 17.3 Å². The van der Waals surface area contributed by atoms with Crippen molar-refractivity contribution in [3.05, 3.63) is 41.6 Å². The first-order chi connectivity index (χ1) is 12.5. The number of urea groups is 1. The van der Waals surface area contributed by atoms with E-state index in [0.717, 1.165) is 19.6 Å². The maximum absolute atomic E-state index is 12.0. The van der Waals surface area contributed by atoms with Crippen LogP contribution in [0.25, 0.3) is 0 Å². The minimum atomic E-state index is -0.308. The van der Waals surface area contributed by atoms with Gasteiger partial charge < -0.3 is 20.7 Å². The maximum Gasteiger partial charge on any atom is 0.320 e. The second-order valence-corrected chi connectivity index (χ2v) is 5.98. The fourth-order valence-corrected chi connectivity index (χ4v) is 2.45. The Morgan fingerprint density at radius 3 is 2.65 bits per heavy atom. The van der Waals surface area contributed by atoms with E-state index in [2.05, 4.69) is 34.4 Å². The van der Waals surface area contributed by atoms with Crippen LogP contribution in [0.3, 0.4) is 0 Å². The number of halogens is 1. The fraction of sp³-hybridized carbons (Fsp3) is 0.333. The number of likely N-dealkylation sites (N-methyl/N-ethyl adjacent to an activating group) is 1. The van der Waals surface area contributed by atoms with Gasteiger partial charge in [0.2, 0.25) is 0 Å². The van der Waals surface area contributed by atoms with E-state index in [-0.39, 0.29) is 6.03 Å². The van der Waals surface area contributed by atoms with E-state index in [1.165, 1.54) is 0 Å². The molecule has 2 amide bonds. The second kappa shape index (κ2) is 9.84. The van der Waals surface area contributed by atoms with Gasteiger partial charge in [0.05, 0.1) is 10.7 Å². The zero-order valence-electron chi connectivity index (χ0n) is 15.0. The lowest BCUT2D eigenvalue weighted by atomic mass is 10.3. The third-order valence-corrected chi connectivity index (χ3v) is 4.12. The van der Waals surface area contributed by atoms with Crippen molar-refractivity contribution in [3.8, 4) is 11.5 Å². The predicted molar refractivity (Wildman–Crippen MR) is 105 cm³/mol. The molecular formula is C18H24ClN5O2. The third-order valence-electron chi connectivity index (χ3n) is 3.79. The quantitative estimate of drug-likeness (QED) is 0.611. The molecule has 0 bridgehead atoms. The molecule has 4 N–H and O–H groups in total. The van der Waals surface area contributed by atoms with Gasteiger partial charge in [-0.05, 0) is 31.3 Å². The van der Waals surface area contributed by atoms with Crippen LogP contribution in [0.5, 0.6) is 11.5 Å². The van der Waals surface area contributed by atoms with E-state index >= 15 is 0 Å². The van der Waals surface area contributed by atoms with Crippen molar-refractivity contribution in [3.63, 3.8) is 0 Å². The smallest absolute Gasteiger partial charge is 0.320 e. The SMILES string of the molecule is CCN(CC)CCNC(=O)Nc1cc(Oc2ccc(N)c(Cl)c2)ccn1. The first kappa shape index (κ1) is 19.8. The molecule has 2 rings (SSSR count). The Kier molecular flexibility index (Phi) is 7.50. The standard InChI is InChI=1S/C18H24ClN5O2/c1-3-24(4-2)10-9-22-18(25)23-17-12-14(7-8-21-17)26-13-5-6-16(20)15(19)11-13/h5-8,11-12H,3-4,9-10,20H2,1-2H3,(H2,21,22,23,25). The summed E-state index contributed by atoms with van der Waals surface area (Å²) in [6.45, 7) is 7.45. The molecule has 7 nitrogen and oxygen atoms in total. The second-order valence-electron chi connectivity index (χ2n) is 5.57. The summed E-state index contributed by atoms with van der Waals surface area (Å²) in [6, 6.07) is 8.03. The van der Waals surface area contributed by atoms with Crippen LogP contribution in [0.1, 0.15) is 13.8 Å². The Morgan fingerprint density at radius 2 is 1.96 bits per heavy atom. The molecule has 0 fully saturated rings. The van der Waals surface area contributed by atoms with Crippen molar-refractivity contribution in [2.24, 2.45) is 0 Å². The number of hydrogen-bond donors (Lipinski definition) is 3. The molecule has 2 aromatic rings. The molecule has 0 radical (unpaired) electrons. The molecule has 0 aliphatic heterocycles. The zero-order chi connectivity index (χ0) is 18.9. The zero-order valence-corrected chi connectivity index (χ0v) is 15.7. The van der Waals surface area contributed by atoms with Gasteiger partial charge in [0.25, 0.3) is 0 Å². The number of carbonyl (C=O) groups is 1. The van der Waals surface area contributed by atoms with Gasteiger partial charge in [-0.2, -0.15) is 0 Å². The molecule has 0 unspecified atom stereocenters. The minimum Gasteiger partial charge on any atom is -0.457 e. The number of amides is 2. The van der Waals surface area contributed by atoms with Gasteiger partial charge >= 0.3 is 6.03 Å². The summed E-state index contributed by atoms with van der Waals surface area (Å²) in [4.78, 5) is 18.3. The molecule has 1 heterocycles. The number of pyridine rings is 1. The van der Waals surface area contributed by atoms with Crippen LogP contribution in [-0.2, 0) is 0 Å². The Labute approximate surface area is 158 Å². The highest BCUT2D eigenvalue weighted by molar-refractivity contribution is 6.33. The van der Waals surface area contributed by atoms with Crippen molar-refractivity contribution in [1.29, 1.82) is 0 Å². The number of benzene rings is 1. The number of nitrogens with one attached hydrogen (secondary N) is 2. The average molecular weight is 378 g/mol. The Balaban J connectivity index is 1.89. The number of nitrogens with zero attached hydrogens (tertiary/aromatic N) is 2. The monoisotopic (exact) mass is 377 g/mol. The van der Waals surface area contributed by atoms with Crippen LogP contribution in [0.2, 0.25) is 5.02 Å². The molecule has 1 aromatic carbocycles. The lowest BCUT2D eigenvalue weighted by molar-refractivity contribution is 0.247. The Morgan fingerprint density at radius 1 is 1.23 bits per heavy atom. The van der Waals surface area contributed by atoms with Gasteiger partial charge in [0.15, 0.2) is 0 Å². The number of ether oxygens (including phenoxy) is 1. The normalized spacial score (nSPS) is 10.6. The van der Waals surface area contributed by atoms with E-state index in [9.17, 15) is 4.79 Å². The molecule has 1 aromatic heterocycles. The van der Waals surface area contributed by atoms with E-state index in [1.807, 2.05) is 0 Å². The third kappa shape index (κ3) is 6.09. The molecule has 8 heteroatoms. The number of nitrogens with two attached hydrogens (primary N) is 1. The van der Waals surface area contributed by atoms with Crippen LogP contribution in [-0.4, -0.2) is 42.1 Å². The summed E-state index contributed by atoms with van der Waals surface area (Å²) in [5.41, 5.74) is 6.17. The summed E-state index contributed by atoms with van der Waals surface area (Å²) in [5, 5.41) is 5.92. The number of rotatable bonds is 8. The lowest BCUT2D eigenvalue weighted by Gasteiger charge is -2.18. The van der Waals surface area contributed by atoms with Crippen LogP contribution in [0.15, 0.2) is 36.5 Å². The summed E-state index contributed by atoms with van der Waals surface area (Å²) in [6.07, 6.45) is 1.56. The fourth-order valence-electron chi connectivity index (χ4n) is 2.28. The number of aromatic nitrogens is 1. The number of hydrogen-bond acceptors (Lipinski definition) is 5. The van der Waals surface area contributed by atoms with Crippen molar-refractivity contribution in [2.45, 2.75) is 13.8 Å². The maximum atomic E-state index is 12.0. The topological polar surface area (TPSA) is 92.5 Å². The van der Waals surface area contributed by atoms with E-state index < -0.39 is 0 Å². The van der Waals surface area contributed by atoms with Crippen LogP contribution in [0, 0.1) is 0 Å². The predicted octanol–water partition coefficient (Wildman–Crippen LogP) is 3.57. The van der Waals surface area contributed by atoms with Gasteiger partial charge in [-0.3, -0.25) is 5.32 Å². The first-order valence-electron chi connectivity index (χ1n) is 8.48. The highest BCUT2D eigenvalue weighted by Crippen LogP contribution is 2.28. The molecule has 26 heavy (non-hydrogen) atoms. The number of anilines is 2. The van der Waals surface area contributed by atoms with Crippen molar-refractivity contribution >= 4 is 29.1 Å². The van der Waals surface area contributed by atoms with Crippen molar-refractivity contribution in [2.75, 3.05) is 37.2 Å². The Hall–Kier alpha value is -2.51. The van der Waals surface area contributed by atoms with Gasteiger partial charge in [-0.25, -0.2) is 9.78 Å². The largest absolute Gasteiger partial charge is 0.457 e. The van der Waals surface area contributed by atoms with Crippen molar-refractivity contribution < 1.29 is 9.53 Å². The highest BCUT2D eigenvalue weighted by atomic mass is 35.5. The van der Waals surface area contributed by atoms with Crippen molar-refractivity contribution in [1.82, 2.24) is 15.2 Å². The summed E-state index contributed by atoms with van der Waals surface area (Å²) < 4.78 is 5.72. The molecule has 0 atom stereocenters. The average Bonchev–Trinajstić information content (AvgIpc) is 2.62. The molecule has 0 aliphatic carbocycles. The summed E-state index contributed by atoms with van der Waals surface area (Å²) in [7, 11) is 0. The van der Waals surface area contributed by atoms with Gasteiger partial charge in [0, 0.05) is 31.4 Å². The molecule has 0 spiro atoms. The molecule has 0 saturated carbocycles.